The second-order valence-corrected chi connectivity index (χ2v) is 11.0. The summed E-state index contributed by atoms with van der Waals surface area (Å²) in [5, 5.41) is 4.48. The summed E-state index contributed by atoms with van der Waals surface area (Å²) in [5.41, 5.74) is -1.33. The molecule has 2 aromatic carbocycles. The normalized spacial score (nSPS) is 15.8. The van der Waals surface area contributed by atoms with Crippen molar-refractivity contribution in [3.8, 4) is 11.5 Å². The number of sulfonamides is 1. The monoisotopic (exact) mass is 586 g/mol. The van der Waals surface area contributed by atoms with Gasteiger partial charge >= 0.3 is 6.18 Å². The van der Waals surface area contributed by atoms with Crippen LogP contribution in [-0.2, 0) is 16.2 Å². The molecule has 0 aliphatic carbocycles. The lowest BCUT2D eigenvalue weighted by Gasteiger charge is -2.17. The van der Waals surface area contributed by atoms with Crippen LogP contribution in [0.5, 0.6) is 11.5 Å². The van der Waals surface area contributed by atoms with E-state index < -0.39 is 44.3 Å². The van der Waals surface area contributed by atoms with Crippen LogP contribution < -0.4 is 20.1 Å². The van der Waals surface area contributed by atoms with Crippen LogP contribution in [0.1, 0.15) is 27.9 Å². The summed E-state index contributed by atoms with van der Waals surface area (Å²) in [6.07, 6.45) is -2.86. The number of alkyl halides is 3. The molecule has 1 aliphatic rings. The molecule has 0 radical (unpaired) electrons. The van der Waals surface area contributed by atoms with Crippen molar-refractivity contribution >= 4 is 33.2 Å². The molecular formula is C25H23ClF4N4O4S. The molecule has 1 fully saturated rings. The molecule has 2 heterocycles. The van der Waals surface area contributed by atoms with Crippen molar-refractivity contribution in [1.82, 2.24) is 15.0 Å². The number of halogens is 5. The van der Waals surface area contributed by atoms with Crippen molar-refractivity contribution < 1.29 is 35.5 Å². The van der Waals surface area contributed by atoms with Gasteiger partial charge in [0.2, 0.25) is 0 Å². The quantitative estimate of drug-likeness (QED) is 0.316. The third-order valence-corrected chi connectivity index (χ3v) is 7.60. The van der Waals surface area contributed by atoms with E-state index >= 15 is 0 Å². The second-order valence-electron chi connectivity index (χ2n) is 8.89. The summed E-state index contributed by atoms with van der Waals surface area (Å²) >= 11 is 5.85. The minimum atomic E-state index is -4.85. The van der Waals surface area contributed by atoms with Gasteiger partial charge in [-0.25, -0.2) is 22.5 Å². The van der Waals surface area contributed by atoms with Crippen LogP contribution in [0.25, 0.3) is 0 Å². The fraction of sp³-hybridized carbons (Fsp3) is 0.280. The first-order valence-electron chi connectivity index (χ1n) is 11.7. The van der Waals surface area contributed by atoms with Gasteiger partial charge in [-0.2, -0.15) is 13.2 Å². The highest BCUT2D eigenvalue weighted by atomic mass is 35.5. The van der Waals surface area contributed by atoms with Gasteiger partial charge in [-0.1, -0.05) is 11.6 Å². The van der Waals surface area contributed by atoms with Crippen molar-refractivity contribution in [2.75, 3.05) is 25.0 Å². The lowest BCUT2D eigenvalue weighted by molar-refractivity contribution is -0.137. The Balaban J connectivity index is 1.62. The summed E-state index contributed by atoms with van der Waals surface area (Å²) < 4.78 is 87.6. The van der Waals surface area contributed by atoms with Crippen LogP contribution in [-0.4, -0.2) is 38.9 Å². The molecule has 0 saturated carbocycles. The number of amides is 1. The number of carbonyl (C=O) groups excluding carboxylic acids is 1. The van der Waals surface area contributed by atoms with E-state index in [4.69, 9.17) is 16.3 Å². The van der Waals surface area contributed by atoms with Crippen LogP contribution in [0.2, 0.25) is 5.02 Å². The van der Waals surface area contributed by atoms with Gasteiger partial charge < -0.3 is 15.4 Å². The number of pyridine rings is 1. The summed E-state index contributed by atoms with van der Waals surface area (Å²) in [5.74, 6) is -1.85. The highest BCUT2D eigenvalue weighted by Crippen LogP contribution is 2.40. The molecule has 8 nitrogen and oxygen atoms in total. The van der Waals surface area contributed by atoms with Gasteiger partial charge in [0.1, 0.15) is 17.3 Å². The molecule has 1 aliphatic heterocycles. The van der Waals surface area contributed by atoms with Crippen LogP contribution in [0.15, 0.2) is 53.7 Å². The molecule has 1 saturated heterocycles. The Kier molecular flexibility index (Phi) is 8.45. The molecule has 14 heteroatoms. The minimum Gasteiger partial charge on any atom is -0.456 e. The van der Waals surface area contributed by atoms with E-state index in [-0.39, 0.29) is 40.1 Å². The number of nitrogens with one attached hydrogen (secondary N) is 3. The number of aryl methyl sites for hydroxylation is 1. The predicted octanol–water partition coefficient (Wildman–Crippen LogP) is 5.13. The van der Waals surface area contributed by atoms with Gasteiger partial charge in [0.25, 0.3) is 15.9 Å². The Morgan fingerprint density at radius 2 is 1.95 bits per heavy atom. The van der Waals surface area contributed by atoms with Gasteiger partial charge in [0.15, 0.2) is 5.03 Å². The number of ether oxygens (including phenoxy) is 1. The molecule has 1 atom stereocenters. The van der Waals surface area contributed by atoms with E-state index in [1.165, 1.54) is 25.3 Å². The van der Waals surface area contributed by atoms with Gasteiger partial charge in [0, 0.05) is 24.5 Å². The molecule has 1 aromatic heterocycles. The zero-order valence-electron chi connectivity index (χ0n) is 20.4. The number of anilines is 1. The number of rotatable bonds is 8. The van der Waals surface area contributed by atoms with E-state index in [0.29, 0.717) is 12.6 Å². The first kappa shape index (κ1) is 28.7. The fourth-order valence-electron chi connectivity index (χ4n) is 3.90. The second kappa shape index (κ2) is 11.5. The smallest absolute Gasteiger partial charge is 0.417 e. The predicted molar refractivity (Wildman–Crippen MR) is 136 cm³/mol. The SMILES string of the molecule is Cc1cc(F)ccc1Oc1cc(C(F)(F)F)c(Cl)cc1C(=O)Nc1ccnc(S(=O)(=O)NC[C@H]2CCNC2)c1. The lowest BCUT2D eigenvalue weighted by atomic mass is 10.1. The highest BCUT2D eigenvalue weighted by molar-refractivity contribution is 7.89. The Bertz CT molecular complexity index is 1500. The number of hydrogen-bond donors (Lipinski definition) is 3. The van der Waals surface area contributed by atoms with Crippen molar-refractivity contribution in [3.05, 3.63) is 76.2 Å². The Morgan fingerprint density at radius 1 is 1.18 bits per heavy atom. The van der Waals surface area contributed by atoms with Crippen molar-refractivity contribution in [1.29, 1.82) is 0 Å². The fourth-order valence-corrected chi connectivity index (χ4v) is 5.26. The molecule has 0 unspecified atom stereocenters. The summed E-state index contributed by atoms with van der Waals surface area (Å²) in [4.78, 5) is 17.0. The third kappa shape index (κ3) is 7.04. The zero-order chi connectivity index (χ0) is 28.4. The van der Waals surface area contributed by atoms with E-state index in [0.717, 1.165) is 37.2 Å². The average molecular weight is 587 g/mol. The van der Waals surface area contributed by atoms with Crippen molar-refractivity contribution in [2.45, 2.75) is 24.5 Å². The Hall–Kier alpha value is -3.26. The Morgan fingerprint density at radius 3 is 2.62 bits per heavy atom. The Labute approximate surface area is 226 Å². The average Bonchev–Trinajstić information content (AvgIpc) is 3.38. The van der Waals surface area contributed by atoms with Crippen molar-refractivity contribution in [3.63, 3.8) is 0 Å². The summed E-state index contributed by atoms with van der Waals surface area (Å²) in [7, 11) is -4.00. The molecule has 3 N–H and O–H groups in total. The lowest BCUT2D eigenvalue weighted by Crippen LogP contribution is -2.31. The maximum absolute atomic E-state index is 13.5. The number of aromatic nitrogens is 1. The van der Waals surface area contributed by atoms with E-state index in [9.17, 15) is 30.8 Å². The third-order valence-electron chi connectivity index (χ3n) is 5.97. The number of carbonyl (C=O) groups is 1. The maximum Gasteiger partial charge on any atom is 0.417 e. The van der Waals surface area contributed by atoms with Gasteiger partial charge in [-0.15, -0.1) is 0 Å². The molecule has 39 heavy (non-hydrogen) atoms. The molecule has 3 aromatic rings. The van der Waals surface area contributed by atoms with E-state index in [1.54, 1.807) is 0 Å². The molecular weight excluding hydrogens is 564 g/mol. The van der Waals surface area contributed by atoms with E-state index in [1.807, 2.05) is 0 Å². The molecule has 208 valence electrons. The molecule has 0 bridgehead atoms. The maximum atomic E-state index is 13.5. The van der Waals surface area contributed by atoms with Crippen LogP contribution >= 0.6 is 11.6 Å². The molecule has 1 amide bonds. The largest absolute Gasteiger partial charge is 0.456 e. The minimum absolute atomic E-state index is 0.0119. The topological polar surface area (TPSA) is 109 Å². The first-order chi connectivity index (χ1) is 18.3. The van der Waals surface area contributed by atoms with Gasteiger partial charge in [-0.3, -0.25) is 4.79 Å². The van der Waals surface area contributed by atoms with Crippen LogP contribution in [0.4, 0.5) is 23.2 Å². The number of nitrogens with zero attached hydrogens (tertiary/aromatic N) is 1. The van der Waals surface area contributed by atoms with Crippen molar-refractivity contribution in [2.24, 2.45) is 5.92 Å². The van der Waals surface area contributed by atoms with Gasteiger partial charge in [0.05, 0.1) is 16.1 Å². The first-order valence-corrected chi connectivity index (χ1v) is 13.5. The standard InChI is InChI=1S/C25H23ClF4N4O4S/c1-14-8-16(27)2-3-21(14)38-22-11-19(25(28,29)30)20(26)10-18(22)24(35)34-17-5-7-32-23(9-17)39(36,37)33-13-15-4-6-31-12-15/h2-3,5,7-11,15,31,33H,4,6,12-13H2,1H3,(H,32,34,35)/t15-/m0/s1. The van der Waals surface area contributed by atoms with Gasteiger partial charge in [-0.05, 0) is 74.3 Å². The molecule has 4 rings (SSSR count). The summed E-state index contributed by atoms with van der Waals surface area (Å²) in [6, 6.07) is 7.18. The number of benzene rings is 2. The van der Waals surface area contributed by atoms with Crippen LogP contribution in [0.3, 0.4) is 0 Å². The summed E-state index contributed by atoms with van der Waals surface area (Å²) in [6.45, 7) is 3.17. The number of hydrogen-bond acceptors (Lipinski definition) is 6. The van der Waals surface area contributed by atoms with Crippen LogP contribution in [0, 0.1) is 18.7 Å². The molecule has 0 spiro atoms. The van der Waals surface area contributed by atoms with E-state index in [2.05, 4.69) is 20.3 Å². The zero-order valence-corrected chi connectivity index (χ0v) is 22.0. The highest BCUT2D eigenvalue weighted by Gasteiger charge is 2.35.